The van der Waals surface area contributed by atoms with E-state index in [1.54, 1.807) is 12.1 Å². The molecule has 3 rings (SSSR count). The Kier molecular flexibility index (Phi) is 3.96. The number of hydrogen-bond donors (Lipinski definition) is 1. The normalized spacial score (nSPS) is 10.4. The molecule has 1 N–H and O–H groups in total. The molecule has 22 heavy (non-hydrogen) atoms. The minimum absolute atomic E-state index is 0.0185. The molecule has 0 aliphatic carbocycles. The van der Waals surface area contributed by atoms with Crippen molar-refractivity contribution in [3.8, 4) is 11.5 Å². The number of aromatic nitrogens is 1. The van der Waals surface area contributed by atoms with Crippen LogP contribution in [-0.4, -0.2) is 10.9 Å². The fourth-order valence-electron chi connectivity index (χ4n) is 2.02. The highest BCUT2D eigenvalue weighted by Crippen LogP contribution is 2.18. The molecule has 0 atom stereocenters. The Morgan fingerprint density at radius 2 is 1.82 bits per heavy atom. The summed E-state index contributed by atoms with van der Waals surface area (Å²) in [6, 6.07) is 15.4. The number of carbonyl (C=O) groups is 1. The van der Waals surface area contributed by atoms with Gasteiger partial charge in [0.2, 0.25) is 11.8 Å². The van der Waals surface area contributed by atoms with Crippen LogP contribution in [-0.2, 0) is 11.2 Å². The molecule has 0 fully saturated rings. The second-order valence-corrected chi connectivity index (χ2v) is 4.71. The summed E-state index contributed by atoms with van der Waals surface area (Å²) in [7, 11) is 0. The quantitative estimate of drug-likeness (QED) is 0.799. The third kappa shape index (κ3) is 3.20. The van der Waals surface area contributed by atoms with Gasteiger partial charge in [0.25, 0.3) is 0 Å². The summed E-state index contributed by atoms with van der Waals surface area (Å²) >= 11 is 0. The number of nitrogens with one attached hydrogen (secondary N) is 1. The number of amides is 1. The summed E-state index contributed by atoms with van der Waals surface area (Å²) in [4.78, 5) is 16.2. The van der Waals surface area contributed by atoms with Crippen LogP contribution in [0.5, 0.6) is 0 Å². The molecule has 1 amide bonds. The maximum absolute atomic E-state index is 13.5. The van der Waals surface area contributed by atoms with E-state index >= 15 is 0 Å². The van der Waals surface area contributed by atoms with Gasteiger partial charge in [-0.05, 0) is 24.3 Å². The molecule has 4 nitrogen and oxygen atoms in total. The van der Waals surface area contributed by atoms with Crippen LogP contribution < -0.4 is 5.32 Å². The maximum Gasteiger partial charge on any atom is 0.230 e. The number of rotatable bonds is 4. The monoisotopic (exact) mass is 296 g/mol. The van der Waals surface area contributed by atoms with Crippen molar-refractivity contribution in [3.05, 3.63) is 72.4 Å². The van der Waals surface area contributed by atoms with Crippen molar-refractivity contribution in [2.45, 2.75) is 6.42 Å². The van der Waals surface area contributed by atoms with Crippen molar-refractivity contribution < 1.29 is 13.6 Å². The van der Waals surface area contributed by atoms with E-state index in [1.807, 2.05) is 30.3 Å². The molecule has 0 aliphatic rings. The Morgan fingerprint density at radius 3 is 2.59 bits per heavy atom. The molecule has 0 bridgehead atoms. The number of benzene rings is 2. The Hall–Kier alpha value is -2.95. The zero-order chi connectivity index (χ0) is 15.4. The summed E-state index contributed by atoms with van der Waals surface area (Å²) in [5, 5.41) is 2.51. The number of anilines is 1. The third-order valence-corrected chi connectivity index (χ3v) is 3.06. The summed E-state index contributed by atoms with van der Waals surface area (Å²) < 4.78 is 18.8. The lowest BCUT2D eigenvalue weighted by molar-refractivity contribution is -0.115. The van der Waals surface area contributed by atoms with E-state index in [0.29, 0.717) is 11.6 Å². The average Bonchev–Trinajstić information content (AvgIpc) is 2.99. The number of halogens is 1. The summed E-state index contributed by atoms with van der Waals surface area (Å²) in [5.74, 6) is -0.367. The molecular formula is C17H13FN2O2. The minimum atomic E-state index is -0.471. The zero-order valence-electron chi connectivity index (χ0n) is 11.6. The molecule has 1 heterocycles. The molecule has 2 aromatic carbocycles. The molecule has 0 aliphatic heterocycles. The SMILES string of the molecule is O=C(Cc1coc(-c2ccccc2)n1)Nc1ccccc1F. The van der Waals surface area contributed by atoms with Crippen molar-refractivity contribution in [2.75, 3.05) is 5.32 Å². The Balaban J connectivity index is 1.68. The van der Waals surface area contributed by atoms with Gasteiger partial charge in [-0.1, -0.05) is 30.3 Å². The van der Waals surface area contributed by atoms with E-state index < -0.39 is 5.82 Å². The van der Waals surface area contributed by atoms with E-state index in [0.717, 1.165) is 5.56 Å². The van der Waals surface area contributed by atoms with Crippen LogP contribution >= 0.6 is 0 Å². The van der Waals surface area contributed by atoms with Gasteiger partial charge in [0.05, 0.1) is 17.8 Å². The van der Waals surface area contributed by atoms with Gasteiger partial charge >= 0.3 is 0 Å². The van der Waals surface area contributed by atoms with Gasteiger partial charge in [0.1, 0.15) is 12.1 Å². The second-order valence-electron chi connectivity index (χ2n) is 4.71. The van der Waals surface area contributed by atoms with Gasteiger partial charge in [-0.25, -0.2) is 9.37 Å². The first-order chi connectivity index (χ1) is 10.7. The number of para-hydroxylation sites is 1. The lowest BCUT2D eigenvalue weighted by Gasteiger charge is -2.04. The van der Waals surface area contributed by atoms with Gasteiger partial charge in [0.15, 0.2) is 0 Å². The Labute approximate surface area is 126 Å². The van der Waals surface area contributed by atoms with Crippen LogP contribution in [0.2, 0.25) is 0 Å². The molecule has 110 valence electrons. The number of carbonyl (C=O) groups excluding carboxylic acids is 1. The van der Waals surface area contributed by atoms with Crippen molar-refractivity contribution in [1.29, 1.82) is 0 Å². The van der Waals surface area contributed by atoms with Crippen molar-refractivity contribution in [2.24, 2.45) is 0 Å². The van der Waals surface area contributed by atoms with Gasteiger partial charge in [-0.15, -0.1) is 0 Å². The van der Waals surface area contributed by atoms with Crippen LogP contribution in [0.25, 0.3) is 11.5 Å². The molecule has 5 heteroatoms. The van der Waals surface area contributed by atoms with Gasteiger partial charge < -0.3 is 9.73 Å². The van der Waals surface area contributed by atoms with Gasteiger partial charge in [-0.2, -0.15) is 0 Å². The number of oxazole rings is 1. The molecule has 0 spiro atoms. The molecule has 0 saturated heterocycles. The maximum atomic E-state index is 13.5. The Morgan fingerprint density at radius 1 is 1.09 bits per heavy atom. The fraction of sp³-hybridized carbons (Fsp3) is 0.0588. The first kappa shape index (κ1) is 14.0. The molecule has 0 saturated carbocycles. The van der Waals surface area contributed by atoms with Crippen molar-refractivity contribution in [3.63, 3.8) is 0 Å². The minimum Gasteiger partial charge on any atom is -0.444 e. The van der Waals surface area contributed by atoms with Crippen LogP contribution in [0.15, 0.2) is 65.3 Å². The molecular weight excluding hydrogens is 283 g/mol. The molecule has 0 radical (unpaired) electrons. The predicted octanol–water partition coefficient (Wildman–Crippen LogP) is 3.66. The lowest BCUT2D eigenvalue weighted by Crippen LogP contribution is -2.15. The standard InChI is InChI=1S/C17H13FN2O2/c18-14-8-4-5-9-15(14)20-16(21)10-13-11-22-17(19-13)12-6-2-1-3-7-12/h1-9,11H,10H2,(H,20,21). The van der Waals surface area contributed by atoms with Crippen LogP contribution in [0.4, 0.5) is 10.1 Å². The third-order valence-electron chi connectivity index (χ3n) is 3.06. The van der Waals surface area contributed by atoms with Crippen LogP contribution in [0.3, 0.4) is 0 Å². The van der Waals surface area contributed by atoms with Crippen molar-refractivity contribution in [1.82, 2.24) is 4.98 Å². The lowest BCUT2D eigenvalue weighted by atomic mass is 10.2. The predicted molar refractivity (Wildman–Crippen MR) is 80.7 cm³/mol. The first-order valence-corrected chi connectivity index (χ1v) is 6.76. The van der Waals surface area contributed by atoms with Gasteiger partial charge in [0, 0.05) is 5.56 Å². The van der Waals surface area contributed by atoms with E-state index in [4.69, 9.17) is 4.42 Å². The fourth-order valence-corrected chi connectivity index (χ4v) is 2.02. The largest absolute Gasteiger partial charge is 0.444 e. The molecule has 0 unspecified atom stereocenters. The second kappa shape index (κ2) is 6.22. The smallest absolute Gasteiger partial charge is 0.230 e. The number of nitrogens with zero attached hydrogens (tertiary/aromatic N) is 1. The molecule has 3 aromatic rings. The van der Waals surface area contributed by atoms with Gasteiger partial charge in [-0.3, -0.25) is 4.79 Å². The van der Waals surface area contributed by atoms with E-state index in [2.05, 4.69) is 10.3 Å². The highest BCUT2D eigenvalue weighted by atomic mass is 19.1. The summed E-state index contributed by atoms with van der Waals surface area (Å²) in [6.07, 6.45) is 1.45. The van der Waals surface area contributed by atoms with Crippen LogP contribution in [0.1, 0.15) is 5.69 Å². The average molecular weight is 296 g/mol. The number of hydrogen-bond acceptors (Lipinski definition) is 3. The van der Waals surface area contributed by atoms with Crippen LogP contribution in [0, 0.1) is 5.82 Å². The Bertz CT molecular complexity index is 784. The first-order valence-electron chi connectivity index (χ1n) is 6.76. The van der Waals surface area contributed by atoms with Crippen molar-refractivity contribution >= 4 is 11.6 Å². The van der Waals surface area contributed by atoms with E-state index in [-0.39, 0.29) is 18.0 Å². The highest BCUT2D eigenvalue weighted by molar-refractivity contribution is 5.92. The topological polar surface area (TPSA) is 55.1 Å². The van der Waals surface area contributed by atoms with E-state index in [1.165, 1.54) is 18.4 Å². The summed E-state index contributed by atoms with van der Waals surface area (Å²) in [5.41, 5.74) is 1.48. The highest BCUT2D eigenvalue weighted by Gasteiger charge is 2.11. The summed E-state index contributed by atoms with van der Waals surface area (Å²) in [6.45, 7) is 0. The van der Waals surface area contributed by atoms with E-state index in [9.17, 15) is 9.18 Å². The zero-order valence-corrected chi connectivity index (χ0v) is 11.6. The molecule has 1 aromatic heterocycles.